The molecule has 1 aromatic heterocycles. The molecule has 1 atom stereocenters. The zero-order valence-corrected chi connectivity index (χ0v) is 11.3. The Morgan fingerprint density at radius 3 is 2.84 bits per heavy atom. The van der Waals surface area contributed by atoms with E-state index >= 15 is 0 Å². The van der Waals surface area contributed by atoms with Crippen LogP contribution in [0.5, 0.6) is 0 Å². The highest BCUT2D eigenvalue weighted by atomic mass is 16.2. The van der Waals surface area contributed by atoms with Crippen molar-refractivity contribution in [1.82, 2.24) is 10.3 Å². The van der Waals surface area contributed by atoms with Crippen LogP contribution in [0.2, 0.25) is 0 Å². The first-order chi connectivity index (χ1) is 9.02. The van der Waals surface area contributed by atoms with Gasteiger partial charge in [0, 0.05) is 30.9 Å². The quantitative estimate of drug-likeness (QED) is 0.681. The van der Waals surface area contributed by atoms with Gasteiger partial charge >= 0.3 is 0 Å². The number of nitrogens with zero attached hydrogens (tertiary/aromatic N) is 1. The molecular formula is C13H20N4O2. The van der Waals surface area contributed by atoms with Crippen molar-refractivity contribution in [2.45, 2.75) is 32.7 Å². The third-order valence-corrected chi connectivity index (χ3v) is 2.71. The van der Waals surface area contributed by atoms with E-state index in [9.17, 15) is 9.59 Å². The fourth-order valence-corrected chi connectivity index (χ4v) is 1.44. The number of aromatic nitrogens is 1. The Hall–Kier alpha value is -2.11. The third kappa shape index (κ3) is 5.37. The van der Waals surface area contributed by atoms with Gasteiger partial charge in [-0.1, -0.05) is 6.92 Å². The van der Waals surface area contributed by atoms with Crippen molar-refractivity contribution >= 4 is 17.5 Å². The number of hydrogen-bond donors (Lipinski definition) is 3. The molecule has 2 amide bonds. The van der Waals surface area contributed by atoms with E-state index < -0.39 is 5.91 Å². The Morgan fingerprint density at radius 1 is 1.47 bits per heavy atom. The average Bonchev–Trinajstić information content (AvgIpc) is 2.38. The molecule has 0 saturated heterocycles. The monoisotopic (exact) mass is 264 g/mol. The number of nitrogens with one attached hydrogen (secondary N) is 2. The van der Waals surface area contributed by atoms with Crippen LogP contribution in [-0.4, -0.2) is 29.4 Å². The normalized spacial score (nSPS) is 11.7. The highest BCUT2D eigenvalue weighted by Gasteiger charge is 2.06. The molecule has 6 heteroatoms. The second-order valence-corrected chi connectivity index (χ2v) is 4.35. The first kappa shape index (κ1) is 14.9. The van der Waals surface area contributed by atoms with E-state index in [2.05, 4.69) is 15.6 Å². The summed E-state index contributed by atoms with van der Waals surface area (Å²) in [6.45, 7) is 4.48. The molecule has 104 valence electrons. The number of pyridine rings is 1. The van der Waals surface area contributed by atoms with Gasteiger partial charge < -0.3 is 16.4 Å². The largest absolute Gasteiger partial charge is 0.384 e. The molecule has 0 spiro atoms. The number of hydrogen-bond acceptors (Lipinski definition) is 4. The van der Waals surface area contributed by atoms with Crippen LogP contribution >= 0.6 is 0 Å². The van der Waals surface area contributed by atoms with E-state index in [-0.39, 0.29) is 17.6 Å². The van der Waals surface area contributed by atoms with Crippen LogP contribution in [0.15, 0.2) is 18.3 Å². The Kier molecular flexibility index (Phi) is 5.78. The maximum Gasteiger partial charge on any atom is 0.267 e. The molecule has 1 heterocycles. The molecule has 1 aromatic rings. The molecule has 4 N–H and O–H groups in total. The zero-order chi connectivity index (χ0) is 14.3. The van der Waals surface area contributed by atoms with Crippen LogP contribution < -0.4 is 16.4 Å². The maximum absolute atomic E-state index is 11.5. The summed E-state index contributed by atoms with van der Waals surface area (Å²) in [5.41, 5.74) is 6.06. The van der Waals surface area contributed by atoms with Crippen LogP contribution in [-0.2, 0) is 4.79 Å². The topological polar surface area (TPSA) is 97.1 Å². The number of carbonyl (C=O) groups is 2. The fraction of sp³-hybridized carbons (Fsp3) is 0.462. The summed E-state index contributed by atoms with van der Waals surface area (Å²) in [6.07, 6.45) is 2.78. The van der Waals surface area contributed by atoms with Crippen molar-refractivity contribution in [3.05, 3.63) is 24.0 Å². The fourth-order valence-electron chi connectivity index (χ4n) is 1.44. The van der Waals surface area contributed by atoms with Crippen molar-refractivity contribution in [2.24, 2.45) is 5.73 Å². The first-order valence-electron chi connectivity index (χ1n) is 6.32. The lowest BCUT2D eigenvalue weighted by Gasteiger charge is -2.12. The number of nitrogens with two attached hydrogens (primary N) is 1. The van der Waals surface area contributed by atoms with E-state index in [0.29, 0.717) is 13.0 Å². The van der Waals surface area contributed by atoms with Crippen LogP contribution in [0.25, 0.3) is 0 Å². The van der Waals surface area contributed by atoms with E-state index in [1.54, 1.807) is 12.1 Å². The Labute approximate surface area is 112 Å². The van der Waals surface area contributed by atoms with Gasteiger partial charge in [-0.05, 0) is 25.5 Å². The number of carbonyl (C=O) groups excluding carboxylic acids is 2. The molecule has 0 aliphatic heterocycles. The van der Waals surface area contributed by atoms with E-state index in [0.717, 1.165) is 12.1 Å². The third-order valence-electron chi connectivity index (χ3n) is 2.71. The summed E-state index contributed by atoms with van der Waals surface area (Å²) >= 11 is 0. The van der Waals surface area contributed by atoms with Crippen molar-refractivity contribution in [3.8, 4) is 0 Å². The van der Waals surface area contributed by atoms with Gasteiger partial charge in [0.05, 0.1) is 0 Å². The van der Waals surface area contributed by atoms with Crippen LogP contribution in [0.1, 0.15) is 37.2 Å². The molecule has 19 heavy (non-hydrogen) atoms. The predicted molar refractivity (Wildman–Crippen MR) is 73.8 cm³/mol. The molecule has 0 aliphatic carbocycles. The lowest BCUT2D eigenvalue weighted by atomic mass is 10.2. The minimum Gasteiger partial charge on any atom is -0.384 e. The SMILES string of the molecule is CCC(C)NC(=O)CCNc1ccnc(C(N)=O)c1. The molecular weight excluding hydrogens is 244 g/mol. The van der Waals surface area contributed by atoms with Crippen LogP contribution in [0.4, 0.5) is 5.69 Å². The summed E-state index contributed by atoms with van der Waals surface area (Å²) in [6, 6.07) is 3.48. The molecule has 0 fully saturated rings. The van der Waals surface area contributed by atoms with Gasteiger partial charge in [-0.25, -0.2) is 0 Å². The van der Waals surface area contributed by atoms with Crippen molar-refractivity contribution in [2.75, 3.05) is 11.9 Å². The summed E-state index contributed by atoms with van der Waals surface area (Å²) in [5.74, 6) is -0.566. The number of anilines is 1. The molecule has 0 saturated carbocycles. The van der Waals surface area contributed by atoms with Gasteiger partial charge in [0.25, 0.3) is 5.91 Å². The average molecular weight is 264 g/mol. The molecule has 1 unspecified atom stereocenters. The smallest absolute Gasteiger partial charge is 0.267 e. The summed E-state index contributed by atoms with van der Waals surface area (Å²) < 4.78 is 0. The molecule has 6 nitrogen and oxygen atoms in total. The van der Waals surface area contributed by atoms with Gasteiger partial charge in [-0.2, -0.15) is 0 Å². The van der Waals surface area contributed by atoms with E-state index in [1.807, 2.05) is 13.8 Å². The Bertz CT molecular complexity index is 448. The minimum absolute atomic E-state index is 0.00558. The van der Waals surface area contributed by atoms with Crippen molar-refractivity contribution < 1.29 is 9.59 Å². The lowest BCUT2D eigenvalue weighted by molar-refractivity contribution is -0.121. The zero-order valence-electron chi connectivity index (χ0n) is 11.3. The van der Waals surface area contributed by atoms with Crippen molar-refractivity contribution in [3.63, 3.8) is 0 Å². The Morgan fingerprint density at radius 2 is 2.21 bits per heavy atom. The number of amides is 2. The van der Waals surface area contributed by atoms with Gasteiger partial charge in [-0.15, -0.1) is 0 Å². The Balaban J connectivity index is 2.39. The second kappa shape index (κ2) is 7.35. The molecule has 0 bridgehead atoms. The second-order valence-electron chi connectivity index (χ2n) is 4.35. The first-order valence-corrected chi connectivity index (χ1v) is 6.32. The molecule has 0 radical (unpaired) electrons. The van der Waals surface area contributed by atoms with Gasteiger partial charge in [0.2, 0.25) is 5.91 Å². The highest BCUT2D eigenvalue weighted by molar-refractivity contribution is 5.91. The number of rotatable bonds is 7. The van der Waals surface area contributed by atoms with E-state index in [4.69, 9.17) is 5.73 Å². The van der Waals surface area contributed by atoms with Gasteiger partial charge in [0.15, 0.2) is 0 Å². The van der Waals surface area contributed by atoms with Crippen LogP contribution in [0.3, 0.4) is 0 Å². The lowest BCUT2D eigenvalue weighted by Crippen LogP contribution is -2.32. The molecule has 0 aromatic carbocycles. The van der Waals surface area contributed by atoms with Gasteiger partial charge in [0.1, 0.15) is 5.69 Å². The van der Waals surface area contributed by atoms with Crippen molar-refractivity contribution in [1.29, 1.82) is 0 Å². The summed E-state index contributed by atoms with van der Waals surface area (Å²) in [5, 5.41) is 5.93. The molecule has 1 rings (SSSR count). The standard InChI is InChI=1S/C13H20N4O2/c1-3-9(2)17-12(18)5-7-15-10-4-6-16-11(8-10)13(14)19/h4,6,8-9H,3,5,7H2,1-2H3,(H2,14,19)(H,15,16)(H,17,18). The van der Waals surface area contributed by atoms with Crippen LogP contribution in [0, 0.1) is 0 Å². The summed E-state index contributed by atoms with van der Waals surface area (Å²) in [7, 11) is 0. The maximum atomic E-state index is 11.5. The van der Waals surface area contributed by atoms with E-state index in [1.165, 1.54) is 6.20 Å². The summed E-state index contributed by atoms with van der Waals surface area (Å²) in [4.78, 5) is 26.3. The predicted octanol–water partition coefficient (Wildman–Crippen LogP) is 0.897. The van der Waals surface area contributed by atoms with Gasteiger partial charge in [-0.3, -0.25) is 14.6 Å². The molecule has 0 aliphatic rings. The highest BCUT2D eigenvalue weighted by Crippen LogP contribution is 2.07. The minimum atomic E-state index is -0.571. The number of primary amides is 1.